The van der Waals surface area contributed by atoms with Crippen LogP contribution in [0.15, 0.2) is 32.9 Å². The molecule has 0 amide bonds. The number of benzene rings is 1. The van der Waals surface area contributed by atoms with E-state index in [4.69, 9.17) is 5.26 Å². The summed E-state index contributed by atoms with van der Waals surface area (Å²) in [7, 11) is -3.78. The van der Waals surface area contributed by atoms with Gasteiger partial charge in [0, 0.05) is 0 Å². The summed E-state index contributed by atoms with van der Waals surface area (Å²) >= 11 is 3.88. The monoisotopic (exact) mass is 374 g/mol. The van der Waals surface area contributed by atoms with Gasteiger partial charge in [-0.3, -0.25) is 4.72 Å². The van der Waals surface area contributed by atoms with Crippen LogP contribution in [0.5, 0.6) is 0 Å². The van der Waals surface area contributed by atoms with E-state index in [1.54, 1.807) is 6.92 Å². The fourth-order valence-electron chi connectivity index (χ4n) is 1.48. The van der Waals surface area contributed by atoms with Crippen molar-refractivity contribution in [3.8, 4) is 6.07 Å². The largest absolute Gasteiger partial charge is 0.279 e. The van der Waals surface area contributed by atoms with Gasteiger partial charge in [-0.25, -0.2) is 12.8 Å². The van der Waals surface area contributed by atoms with Crippen molar-refractivity contribution in [1.29, 1.82) is 5.26 Å². The minimum atomic E-state index is -3.78. The van der Waals surface area contributed by atoms with Crippen LogP contribution in [0.4, 0.5) is 10.1 Å². The van der Waals surface area contributed by atoms with Crippen LogP contribution >= 0.6 is 27.3 Å². The second-order valence-corrected chi connectivity index (χ2v) is 7.76. The highest BCUT2D eigenvalue weighted by Crippen LogP contribution is 2.28. The lowest BCUT2D eigenvalue weighted by Crippen LogP contribution is -2.12. The number of rotatable bonds is 3. The summed E-state index contributed by atoms with van der Waals surface area (Å²) in [4.78, 5) is 0.308. The Kier molecular flexibility index (Phi) is 4.13. The van der Waals surface area contributed by atoms with E-state index in [9.17, 15) is 12.8 Å². The first-order valence-corrected chi connectivity index (χ1v) is 8.41. The van der Waals surface area contributed by atoms with E-state index in [1.807, 2.05) is 6.07 Å². The van der Waals surface area contributed by atoms with Crippen molar-refractivity contribution >= 4 is 43.0 Å². The van der Waals surface area contributed by atoms with E-state index < -0.39 is 15.8 Å². The van der Waals surface area contributed by atoms with Crippen LogP contribution in [-0.2, 0) is 10.0 Å². The van der Waals surface area contributed by atoms with Crippen molar-refractivity contribution in [2.75, 3.05) is 4.72 Å². The Hall–Kier alpha value is -1.43. The molecular weight excluding hydrogens is 367 g/mol. The van der Waals surface area contributed by atoms with Crippen LogP contribution in [-0.4, -0.2) is 8.42 Å². The van der Waals surface area contributed by atoms with Crippen molar-refractivity contribution < 1.29 is 12.8 Å². The maximum Gasteiger partial charge on any atom is 0.271 e. The summed E-state index contributed by atoms with van der Waals surface area (Å²) in [6, 6.07) is 7.27. The molecule has 0 aliphatic heterocycles. The molecule has 1 aromatic heterocycles. The Labute approximate surface area is 128 Å². The highest BCUT2D eigenvalue weighted by atomic mass is 79.9. The number of nitrogens with one attached hydrogen (secondary N) is 1. The molecule has 2 aromatic rings. The van der Waals surface area contributed by atoms with Gasteiger partial charge in [-0.2, -0.15) is 5.26 Å². The number of nitrogens with zero attached hydrogens (tertiary/aromatic N) is 1. The topological polar surface area (TPSA) is 70.0 Å². The fourth-order valence-corrected chi connectivity index (χ4v) is 4.04. The third kappa shape index (κ3) is 3.00. The van der Waals surface area contributed by atoms with Crippen LogP contribution in [0.1, 0.15) is 10.4 Å². The molecule has 0 saturated carbocycles. The molecule has 0 bridgehead atoms. The molecule has 0 aliphatic carbocycles. The van der Waals surface area contributed by atoms with Crippen molar-refractivity contribution in [1.82, 2.24) is 0 Å². The number of hydrogen-bond donors (Lipinski definition) is 1. The zero-order valence-electron chi connectivity index (χ0n) is 10.1. The van der Waals surface area contributed by atoms with Crippen molar-refractivity contribution in [2.45, 2.75) is 11.1 Å². The number of aryl methyl sites for hydroxylation is 1. The van der Waals surface area contributed by atoms with E-state index >= 15 is 0 Å². The zero-order valence-corrected chi connectivity index (χ0v) is 13.4. The molecule has 0 fully saturated rings. The van der Waals surface area contributed by atoms with Crippen LogP contribution in [0.3, 0.4) is 0 Å². The number of halogens is 2. The van der Waals surface area contributed by atoms with Gasteiger partial charge < -0.3 is 0 Å². The lowest BCUT2D eigenvalue weighted by Gasteiger charge is -2.10. The van der Waals surface area contributed by atoms with Gasteiger partial charge >= 0.3 is 0 Å². The molecule has 0 saturated heterocycles. The van der Waals surface area contributed by atoms with E-state index in [2.05, 4.69) is 20.7 Å². The molecule has 8 heteroatoms. The van der Waals surface area contributed by atoms with Crippen LogP contribution in [0, 0.1) is 24.1 Å². The lowest BCUT2D eigenvalue weighted by atomic mass is 10.2. The highest BCUT2D eigenvalue weighted by Gasteiger charge is 2.18. The summed E-state index contributed by atoms with van der Waals surface area (Å²) in [5.74, 6) is -0.465. The van der Waals surface area contributed by atoms with Gasteiger partial charge in [0.15, 0.2) is 0 Å². The molecule has 1 N–H and O–H groups in total. The number of nitriles is 1. The minimum Gasteiger partial charge on any atom is -0.279 e. The second-order valence-electron chi connectivity index (χ2n) is 3.92. The molecule has 2 rings (SSSR count). The average Bonchev–Trinajstić information content (AvgIpc) is 2.85. The molecule has 0 aliphatic rings. The van der Waals surface area contributed by atoms with Gasteiger partial charge in [0.05, 0.1) is 10.2 Å². The molecule has 0 atom stereocenters. The normalized spacial score (nSPS) is 11.1. The maximum absolute atomic E-state index is 13.3. The Bertz CT molecular complexity index is 809. The third-order valence-corrected chi connectivity index (χ3v) is 5.92. The van der Waals surface area contributed by atoms with Gasteiger partial charge in [-0.15, -0.1) is 11.3 Å². The molecule has 1 aromatic carbocycles. The Balaban J connectivity index is 2.38. The SMILES string of the molecule is Cc1cc(F)c(Br)cc1NS(=O)(=O)c1ccc(C#N)s1. The third-order valence-electron chi connectivity index (χ3n) is 2.47. The average molecular weight is 375 g/mol. The van der Waals surface area contributed by atoms with Gasteiger partial charge in [-0.1, -0.05) is 0 Å². The van der Waals surface area contributed by atoms with E-state index in [-0.39, 0.29) is 14.4 Å². The maximum atomic E-state index is 13.3. The molecule has 20 heavy (non-hydrogen) atoms. The van der Waals surface area contributed by atoms with E-state index in [1.165, 1.54) is 24.3 Å². The van der Waals surface area contributed by atoms with E-state index in [0.29, 0.717) is 10.4 Å². The molecule has 0 unspecified atom stereocenters. The summed E-state index contributed by atoms with van der Waals surface area (Å²) < 4.78 is 40.2. The van der Waals surface area contributed by atoms with Crippen LogP contribution in [0.2, 0.25) is 0 Å². The Morgan fingerprint density at radius 2 is 2.10 bits per heavy atom. The van der Waals surface area contributed by atoms with Crippen LogP contribution < -0.4 is 4.72 Å². The Morgan fingerprint density at radius 1 is 1.40 bits per heavy atom. The molecule has 0 spiro atoms. The van der Waals surface area contributed by atoms with Gasteiger partial charge in [-0.05, 0) is 52.7 Å². The summed E-state index contributed by atoms with van der Waals surface area (Å²) in [5.41, 5.74) is 0.747. The molecule has 4 nitrogen and oxygen atoms in total. The predicted molar refractivity (Wildman–Crippen MR) is 78.7 cm³/mol. The number of sulfonamides is 1. The first-order valence-electron chi connectivity index (χ1n) is 5.32. The van der Waals surface area contributed by atoms with Crippen molar-refractivity contribution in [3.63, 3.8) is 0 Å². The zero-order chi connectivity index (χ0) is 14.9. The number of anilines is 1. The minimum absolute atomic E-state index is 0.0360. The molecule has 104 valence electrons. The molecule has 1 heterocycles. The number of thiophene rings is 1. The van der Waals surface area contributed by atoms with Gasteiger partial charge in [0.1, 0.15) is 21.0 Å². The molecular formula is C12H8BrFN2O2S2. The smallest absolute Gasteiger partial charge is 0.271 e. The molecule has 0 radical (unpaired) electrons. The summed E-state index contributed by atoms with van der Waals surface area (Å²) in [6.45, 7) is 1.60. The summed E-state index contributed by atoms with van der Waals surface area (Å²) in [6.07, 6.45) is 0. The fraction of sp³-hybridized carbons (Fsp3) is 0.0833. The van der Waals surface area contributed by atoms with Gasteiger partial charge in [0.25, 0.3) is 10.0 Å². The Morgan fingerprint density at radius 3 is 2.70 bits per heavy atom. The second kappa shape index (κ2) is 5.52. The first-order chi connectivity index (χ1) is 9.33. The first kappa shape index (κ1) is 15.0. The van der Waals surface area contributed by atoms with Crippen LogP contribution in [0.25, 0.3) is 0 Å². The lowest BCUT2D eigenvalue weighted by molar-refractivity contribution is 0.602. The highest BCUT2D eigenvalue weighted by molar-refractivity contribution is 9.10. The number of hydrogen-bond acceptors (Lipinski definition) is 4. The van der Waals surface area contributed by atoms with E-state index in [0.717, 1.165) is 11.3 Å². The standard InChI is InChI=1S/C12H8BrFN2O2S2/c1-7-4-10(14)9(13)5-11(7)16-20(17,18)12-3-2-8(6-15)19-12/h2-5,16H,1H3. The van der Waals surface area contributed by atoms with Gasteiger partial charge in [0.2, 0.25) is 0 Å². The quantitative estimate of drug-likeness (QED) is 0.891. The van der Waals surface area contributed by atoms with Crippen molar-refractivity contribution in [3.05, 3.63) is 45.0 Å². The van der Waals surface area contributed by atoms with Crippen molar-refractivity contribution in [2.24, 2.45) is 0 Å². The predicted octanol–water partition coefficient (Wildman–Crippen LogP) is 3.63. The summed E-state index contributed by atoms with van der Waals surface area (Å²) in [5, 5.41) is 8.71.